The first-order chi connectivity index (χ1) is 9.63. The summed E-state index contributed by atoms with van der Waals surface area (Å²) in [5.41, 5.74) is 5.58. The lowest BCUT2D eigenvalue weighted by atomic mass is 10.1. The number of hydrogen-bond acceptors (Lipinski definition) is 7. The Morgan fingerprint density at radius 1 is 1.43 bits per heavy atom. The summed E-state index contributed by atoms with van der Waals surface area (Å²) in [6.45, 7) is 7.14. The summed E-state index contributed by atoms with van der Waals surface area (Å²) in [5, 5.41) is 18.9. The molecule has 1 aromatic rings. The molecule has 1 atom stereocenters. The molecule has 0 bridgehead atoms. The molecule has 0 aliphatic rings. The van der Waals surface area contributed by atoms with Gasteiger partial charge in [-0.3, -0.25) is 14.9 Å². The third-order valence-corrected chi connectivity index (χ3v) is 4.18. The number of carbonyl (C=O) groups is 2. The largest absolute Gasteiger partial charge is 0.480 e. The molecular weight excluding hydrogens is 296 g/mol. The van der Waals surface area contributed by atoms with Crippen LogP contribution in [0.2, 0.25) is 0 Å². The number of aliphatic carboxylic acids is 1. The second kappa shape index (κ2) is 6.90. The molecule has 0 fully saturated rings. The molecule has 118 valence electrons. The van der Waals surface area contributed by atoms with Crippen molar-refractivity contribution in [1.29, 1.82) is 0 Å². The van der Waals surface area contributed by atoms with E-state index in [9.17, 15) is 9.59 Å². The monoisotopic (exact) mass is 316 g/mol. The Morgan fingerprint density at radius 3 is 2.52 bits per heavy atom. The number of anilines is 1. The summed E-state index contributed by atoms with van der Waals surface area (Å²) in [4.78, 5) is 22.7. The summed E-state index contributed by atoms with van der Waals surface area (Å²) in [5.74, 6) is -0.917. The number of aromatic nitrogens is 2. The molecule has 0 spiro atoms. The van der Waals surface area contributed by atoms with Crippen LogP contribution < -0.4 is 11.1 Å². The molecule has 0 radical (unpaired) electrons. The molecule has 1 heterocycles. The second-order valence-corrected chi connectivity index (χ2v) is 6.99. The summed E-state index contributed by atoms with van der Waals surface area (Å²) >= 11 is 1.15. The van der Waals surface area contributed by atoms with Gasteiger partial charge in [0.15, 0.2) is 0 Å². The van der Waals surface area contributed by atoms with Gasteiger partial charge in [-0.05, 0) is 13.8 Å². The van der Waals surface area contributed by atoms with E-state index in [2.05, 4.69) is 15.5 Å². The van der Waals surface area contributed by atoms with Crippen LogP contribution >= 0.6 is 11.8 Å². The highest BCUT2D eigenvalue weighted by atomic mass is 32.2. The lowest BCUT2D eigenvalue weighted by Crippen LogP contribution is -2.47. The minimum absolute atomic E-state index is 0.0321. The van der Waals surface area contributed by atoms with Crippen molar-refractivity contribution in [1.82, 2.24) is 10.2 Å². The smallest absolute Gasteiger partial charge is 0.322 e. The van der Waals surface area contributed by atoms with E-state index in [1.165, 1.54) is 0 Å². The third-order valence-electron chi connectivity index (χ3n) is 2.77. The van der Waals surface area contributed by atoms with Crippen LogP contribution in [0.4, 0.5) is 6.01 Å². The topological polar surface area (TPSA) is 131 Å². The molecule has 1 rings (SSSR count). The maximum atomic E-state index is 11.8. The second-order valence-electron chi connectivity index (χ2n) is 5.36. The maximum Gasteiger partial charge on any atom is 0.322 e. The Labute approximate surface area is 126 Å². The van der Waals surface area contributed by atoms with Crippen LogP contribution in [0.15, 0.2) is 4.42 Å². The van der Waals surface area contributed by atoms with Gasteiger partial charge in [0.2, 0.25) is 11.8 Å². The molecule has 1 amide bonds. The van der Waals surface area contributed by atoms with E-state index >= 15 is 0 Å². The molecule has 9 heteroatoms. The molecule has 8 nitrogen and oxygen atoms in total. The fraction of sp³-hybridized carbons (Fsp3) is 0.667. The average molecular weight is 316 g/mol. The third kappa shape index (κ3) is 5.01. The Kier molecular flexibility index (Phi) is 5.73. The van der Waals surface area contributed by atoms with Gasteiger partial charge in [0.05, 0.1) is 5.75 Å². The summed E-state index contributed by atoms with van der Waals surface area (Å²) < 4.78 is 4.47. The van der Waals surface area contributed by atoms with Gasteiger partial charge < -0.3 is 15.3 Å². The van der Waals surface area contributed by atoms with Gasteiger partial charge >= 0.3 is 12.0 Å². The van der Waals surface area contributed by atoms with Crippen LogP contribution in [-0.4, -0.2) is 43.7 Å². The van der Waals surface area contributed by atoms with Crippen LogP contribution in [0.1, 0.15) is 39.5 Å². The van der Waals surface area contributed by atoms with Crippen molar-refractivity contribution in [3.63, 3.8) is 0 Å². The zero-order valence-corrected chi connectivity index (χ0v) is 13.2. The fourth-order valence-corrected chi connectivity index (χ4v) is 2.17. The summed E-state index contributed by atoms with van der Waals surface area (Å²) in [6.07, 6.45) is 0. The van der Waals surface area contributed by atoms with Crippen LogP contribution in [0.3, 0.4) is 0 Å². The first-order valence-corrected chi connectivity index (χ1v) is 7.37. The van der Waals surface area contributed by atoms with Crippen molar-refractivity contribution >= 4 is 29.7 Å². The lowest BCUT2D eigenvalue weighted by molar-refractivity contribution is -0.139. The standard InChI is InChI=1S/C12H20N4O4S/c1-6(2)9-15-16-11(20-9)14-7(17)5-21-12(3,4)8(13)10(18)19/h6,8H,5,13H2,1-4H3,(H,18,19)(H,14,16,17)/t8-/m1/s1. The van der Waals surface area contributed by atoms with Gasteiger partial charge in [-0.1, -0.05) is 18.9 Å². The van der Waals surface area contributed by atoms with Crippen molar-refractivity contribution < 1.29 is 19.1 Å². The molecule has 21 heavy (non-hydrogen) atoms. The zero-order valence-electron chi connectivity index (χ0n) is 12.4. The first-order valence-electron chi connectivity index (χ1n) is 6.39. The Balaban J connectivity index is 2.52. The van der Waals surface area contributed by atoms with E-state index in [1.807, 2.05) is 13.8 Å². The normalized spacial score (nSPS) is 13.2. The zero-order chi connectivity index (χ0) is 16.2. The van der Waals surface area contributed by atoms with Crippen LogP contribution in [0.25, 0.3) is 0 Å². The maximum absolute atomic E-state index is 11.8. The van der Waals surface area contributed by atoms with E-state index in [-0.39, 0.29) is 23.6 Å². The van der Waals surface area contributed by atoms with Gasteiger partial charge in [-0.25, -0.2) is 0 Å². The van der Waals surface area contributed by atoms with Gasteiger partial charge in [-0.15, -0.1) is 16.9 Å². The van der Waals surface area contributed by atoms with Crippen molar-refractivity contribution in [3.05, 3.63) is 5.89 Å². The molecule has 1 aromatic heterocycles. The van der Waals surface area contributed by atoms with Crippen LogP contribution in [-0.2, 0) is 9.59 Å². The first kappa shape index (κ1) is 17.4. The van der Waals surface area contributed by atoms with Gasteiger partial charge in [0.25, 0.3) is 0 Å². The predicted octanol–water partition coefficient (Wildman–Crippen LogP) is 1.06. The van der Waals surface area contributed by atoms with Crippen molar-refractivity contribution in [2.45, 2.75) is 44.4 Å². The quantitative estimate of drug-likeness (QED) is 0.680. The predicted molar refractivity (Wildman–Crippen MR) is 79.2 cm³/mol. The Hall–Kier alpha value is -1.61. The number of nitrogens with zero attached hydrogens (tertiary/aromatic N) is 2. The molecule has 0 saturated carbocycles. The lowest BCUT2D eigenvalue weighted by Gasteiger charge is -2.27. The molecule has 4 N–H and O–H groups in total. The average Bonchev–Trinajstić information content (AvgIpc) is 2.84. The van der Waals surface area contributed by atoms with Crippen molar-refractivity contribution in [2.75, 3.05) is 11.1 Å². The van der Waals surface area contributed by atoms with Gasteiger partial charge in [0, 0.05) is 10.7 Å². The van der Waals surface area contributed by atoms with E-state index in [0.29, 0.717) is 5.89 Å². The highest BCUT2D eigenvalue weighted by Gasteiger charge is 2.33. The fourth-order valence-electron chi connectivity index (χ4n) is 1.31. The van der Waals surface area contributed by atoms with Gasteiger partial charge in [0.1, 0.15) is 6.04 Å². The van der Waals surface area contributed by atoms with E-state index < -0.39 is 16.8 Å². The van der Waals surface area contributed by atoms with Crippen molar-refractivity contribution in [2.24, 2.45) is 5.73 Å². The minimum Gasteiger partial charge on any atom is -0.480 e. The molecule has 0 aliphatic carbocycles. The molecule has 0 saturated heterocycles. The summed E-state index contributed by atoms with van der Waals surface area (Å²) in [6, 6.07) is -1.03. The number of hydrogen-bond donors (Lipinski definition) is 3. The van der Waals surface area contributed by atoms with E-state index in [1.54, 1.807) is 13.8 Å². The number of thioether (sulfide) groups is 1. The Morgan fingerprint density at radius 2 is 2.05 bits per heavy atom. The number of carboxylic acid groups (broad SMARTS) is 1. The minimum atomic E-state index is -1.11. The van der Waals surface area contributed by atoms with Crippen molar-refractivity contribution in [3.8, 4) is 0 Å². The van der Waals surface area contributed by atoms with Gasteiger partial charge in [-0.2, -0.15) is 0 Å². The van der Waals surface area contributed by atoms with Crippen LogP contribution in [0, 0.1) is 0 Å². The number of carbonyl (C=O) groups excluding carboxylic acids is 1. The van der Waals surface area contributed by atoms with Crippen LogP contribution in [0.5, 0.6) is 0 Å². The Bertz CT molecular complexity index is 515. The number of amides is 1. The van der Waals surface area contributed by atoms with E-state index in [0.717, 1.165) is 11.8 Å². The number of rotatable bonds is 7. The highest BCUT2D eigenvalue weighted by Crippen LogP contribution is 2.27. The number of nitrogens with one attached hydrogen (secondary N) is 1. The molecule has 0 aliphatic heterocycles. The number of nitrogens with two attached hydrogens (primary N) is 1. The molecule has 0 unspecified atom stereocenters. The highest BCUT2D eigenvalue weighted by molar-refractivity contribution is 8.01. The molecular formula is C12H20N4O4S. The SMILES string of the molecule is CC(C)c1nnc(NC(=O)CSC(C)(C)[C@H](N)C(=O)O)o1. The molecule has 0 aromatic carbocycles. The summed E-state index contributed by atoms with van der Waals surface area (Å²) in [7, 11) is 0. The number of carboxylic acids is 1. The van der Waals surface area contributed by atoms with E-state index in [4.69, 9.17) is 15.3 Å².